The fourth-order valence-corrected chi connectivity index (χ4v) is 3.54. The van der Waals surface area contributed by atoms with Gasteiger partial charge in [0.1, 0.15) is 16.8 Å². The summed E-state index contributed by atoms with van der Waals surface area (Å²) in [6, 6.07) is 15.3. The minimum Gasteiger partial charge on any atom is -0.497 e. The molecule has 3 aromatic rings. The molecule has 0 aliphatic heterocycles. The highest BCUT2D eigenvalue weighted by atomic mass is 32.2. The number of hydrogen-bond acceptors (Lipinski definition) is 5. The minimum atomic E-state index is -0.127. The van der Waals surface area contributed by atoms with E-state index < -0.39 is 0 Å². The van der Waals surface area contributed by atoms with E-state index >= 15 is 0 Å². The van der Waals surface area contributed by atoms with E-state index in [4.69, 9.17) is 4.74 Å². The van der Waals surface area contributed by atoms with Crippen molar-refractivity contribution < 1.29 is 9.53 Å². The topological polar surface area (TPSA) is 75.0 Å². The third-order valence-electron chi connectivity index (χ3n) is 4.19. The molecule has 0 spiro atoms. The summed E-state index contributed by atoms with van der Waals surface area (Å²) in [6.07, 6.45) is 0. The van der Waals surface area contributed by atoms with Crippen molar-refractivity contribution in [1.29, 1.82) is 5.26 Å². The number of ether oxygens (including phenoxy) is 1. The van der Waals surface area contributed by atoms with Crippen molar-refractivity contribution in [3.05, 3.63) is 59.2 Å². The van der Waals surface area contributed by atoms with Crippen molar-refractivity contribution in [2.75, 3.05) is 18.2 Å². The zero-order valence-electron chi connectivity index (χ0n) is 15.4. The lowest BCUT2D eigenvalue weighted by molar-refractivity contribution is -0.113. The fraction of sp³-hybridized carbons (Fsp3) is 0.190. The Morgan fingerprint density at radius 2 is 1.96 bits per heavy atom. The highest BCUT2D eigenvalue weighted by Crippen LogP contribution is 2.27. The molecule has 1 amide bonds. The number of para-hydroxylation sites is 1. The van der Waals surface area contributed by atoms with Crippen LogP contribution in [0, 0.1) is 25.2 Å². The monoisotopic (exact) mass is 377 g/mol. The molecule has 27 heavy (non-hydrogen) atoms. The SMILES string of the molecule is COc1ccc2nc(SCC(=O)Nc3c(C)cccc3C)c(C#N)cc2c1. The molecule has 136 valence electrons. The number of benzene rings is 2. The van der Waals surface area contributed by atoms with Gasteiger partial charge in [0.15, 0.2) is 0 Å². The summed E-state index contributed by atoms with van der Waals surface area (Å²) < 4.78 is 5.21. The number of nitrogens with zero attached hydrogens (tertiary/aromatic N) is 2. The van der Waals surface area contributed by atoms with E-state index in [1.54, 1.807) is 13.2 Å². The van der Waals surface area contributed by atoms with Gasteiger partial charge in [-0.05, 0) is 49.2 Å². The number of hydrogen-bond donors (Lipinski definition) is 1. The molecule has 0 unspecified atom stereocenters. The second kappa shape index (κ2) is 8.11. The normalized spacial score (nSPS) is 10.4. The van der Waals surface area contributed by atoms with Gasteiger partial charge in [0.25, 0.3) is 0 Å². The van der Waals surface area contributed by atoms with Gasteiger partial charge in [-0.3, -0.25) is 4.79 Å². The van der Waals surface area contributed by atoms with Crippen LogP contribution in [0.15, 0.2) is 47.5 Å². The van der Waals surface area contributed by atoms with Gasteiger partial charge in [0.05, 0.1) is 23.9 Å². The number of anilines is 1. The molecule has 0 saturated carbocycles. The molecule has 1 aromatic heterocycles. The van der Waals surface area contributed by atoms with E-state index in [1.807, 2.05) is 50.2 Å². The number of pyridine rings is 1. The average molecular weight is 377 g/mol. The Kier molecular flexibility index (Phi) is 5.63. The number of amides is 1. The predicted octanol–water partition coefficient (Wildman–Crippen LogP) is 4.46. The summed E-state index contributed by atoms with van der Waals surface area (Å²) >= 11 is 1.26. The number of aryl methyl sites for hydroxylation is 2. The number of aromatic nitrogens is 1. The number of fused-ring (bicyclic) bond motifs is 1. The van der Waals surface area contributed by atoms with Crippen molar-refractivity contribution in [2.45, 2.75) is 18.9 Å². The highest BCUT2D eigenvalue weighted by Gasteiger charge is 2.12. The molecule has 0 radical (unpaired) electrons. The van der Waals surface area contributed by atoms with Gasteiger partial charge in [-0.1, -0.05) is 30.0 Å². The van der Waals surface area contributed by atoms with Crippen molar-refractivity contribution in [3.8, 4) is 11.8 Å². The Bertz CT molecular complexity index is 1040. The molecule has 1 heterocycles. The molecule has 0 aliphatic carbocycles. The Morgan fingerprint density at radius 3 is 2.63 bits per heavy atom. The van der Waals surface area contributed by atoms with Gasteiger partial charge in [0, 0.05) is 11.1 Å². The van der Waals surface area contributed by atoms with Crippen LogP contribution in [0.2, 0.25) is 0 Å². The van der Waals surface area contributed by atoms with Gasteiger partial charge in [-0.15, -0.1) is 0 Å². The third-order valence-corrected chi connectivity index (χ3v) is 5.18. The summed E-state index contributed by atoms with van der Waals surface area (Å²) in [6.45, 7) is 3.92. The lowest BCUT2D eigenvalue weighted by Gasteiger charge is -2.11. The maximum absolute atomic E-state index is 12.4. The van der Waals surface area contributed by atoms with Crippen LogP contribution in [-0.4, -0.2) is 23.8 Å². The van der Waals surface area contributed by atoms with Gasteiger partial charge in [0.2, 0.25) is 5.91 Å². The largest absolute Gasteiger partial charge is 0.497 e. The first-order chi connectivity index (χ1) is 13.0. The lowest BCUT2D eigenvalue weighted by atomic mass is 10.1. The number of carbonyl (C=O) groups excluding carboxylic acids is 1. The van der Waals surface area contributed by atoms with Crippen molar-refractivity contribution >= 4 is 34.3 Å². The van der Waals surface area contributed by atoms with Gasteiger partial charge >= 0.3 is 0 Å². The van der Waals surface area contributed by atoms with E-state index in [0.717, 1.165) is 27.7 Å². The zero-order valence-corrected chi connectivity index (χ0v) is 16.2. The third kappa shape index (κ3) is 4.21. The molecule has 3 rings (SSSR count). The average Bonchev–Trinajstić information content (AvgIpc) is 2.68. The van der Waals surface area contributed by atoms with Crippen LogP contribution in [0.5, 0.6) is 5.75 Å². The number of nitriles is 1. The van der Waals surface area contributed by atoms with Crippen molar-refractivity contribution in [1.82, 2.24) is 4.98 Å². The molecule has 0 aliphatic rings. The van der Waals surface area contributed by atoms with Gasteiger partial charge in [-0.25, -0.2) is 4.98 Å². The summed E-state index contributed by atoms with van der Waals surface area (Å²) in [7, 11) is 1.60. The van der Waals surface area contributed by atoms with Crippen LogP contribution in [-0.2, 0) is 4.79 Å². The Morgan fingerprint density at radius 1 is 1.22 bits per heavy atom. The molecule has 6 heteroatoms. The number of nitrogens with one attached hydrogen (secondary N) is 1. The first-order valence-corrected chi connectivity index (χ1v) is 9.38. The van der Waals surface area contributed by atoms with Crippen LogP contribution in [0.1, 0.15) is 16.7 Å². The molecule has 1 N–H and O–H groups in total. The van der Waals surface area contributed by atoms with Crippen molar-refractivity contribution in [3.63, 3.8) is 0 Å². The molecule has 0 fully saturated rings. The number of methoxy groups -OCH3 is 1. The molecule has 0 bridgehead atoms. The smallest absolute Gasteiger partial charge is 0.234 e. The quantitative estimate of drug-likeness (QED) is 0.664. The summed E-state index contributed by atoms with van der Waals surface area (Å²) in [5, 5.41) is 13.8. The number of carbonyl (C=O) groups is 1. The first-order valence-electron chi connectivity index (χ1n) is 8.39. The van der Waals surface area contributed by atoms with E-state index in [1.165, 1.54) is 11.8 Å². The van der Waals surface area contributed by atoms with Crippen LogP contribution in [0.25, 0.3) is 10.9 Å². The van der Waals surface area contributed by atoms with E-state index in [0.29, 0.717) is 16.3 Å². The second-order valence-corrected chi connectivity index (χ2v) is 7.08. The maximum Gasteiger partial charge on any atom is 0.234 e. The van der Waals surface area contributed by atoms with Crippen LogP contribution in [0.4, 0.5) is 5.69 Å². The minimum absolute atomic E-state index is 0.127. The Labute approximate surface area is 162 Å². The van der Waals surface area contributed by atoms with E-state index in [-0.39, 0.29) is 11.7 Å². The summed E-state index contributed by atoms with van der Waals surface area (Å²) in [5.74, 6) is 0.761. The molecular formula is C21H19N3O2S. The fourth-order valence-electron chi connectivity index (χ4n) is 2.78. The summed E-state index contributed by atoms with van der Waals surface area (Å²) in [4.78, 5) is 16.9. The van der Waals surface area contributed by atoms with Crippen LogP contribution < -0.4 is 10.1 Å². The van der Waals surface area contributed by atoms with Gasteiger partial charge < -0.3 is 10.1 Å². The zero-order chi connectivity index (χ0) is 19.4. The van der Waals surface area contributed by atoms with Gasteiger partial charge in [-0.2, -0.15) is 5.26 Å². The Balaban J connectivity index is 1.78. The summed E-state index contributed by atoms with van der Waals surface area (Å²) in [5.41, 5.74) is 4.07. The van der Waals surface area contributed by atoms with Crippen molar-refractivity contribution in [2.24, 2.45) is 0 Å². The lowest BCUT2D eigenvalue weighted by Crippen LogP contribution is -2.16. The van der Waals surface area contributed by atoms with E-state index in [2.05, 4.69) is 16.4 Å². The molecule has 2 aromatic carbocycles. The maximum atomic E-state index is 12.4. The molecular weight excluding hydrogens is 358 g/mol. The standard InChI is InChI=1S/C21H19N3O2S/c1-13-5-4-6-14(2)20(13)24-19(25)12-27-21-16(11-22)9-15-10-17(26-3)7-8-18(15)23-21/h4-10H,12H2,1-3H3,(H,24,25). The first kappa shape index (κ1) is 18.7. The number of rotatable bonds is 5. The second-order valence-electron chi connectivity index (χ2n) is 6.12. The van der Waals surface area contributed by atoms with E-state index in [9.17, 15) is 10.1 Å². The number of thioether (sulfide) groups is 1. The van der Waals surface area contributed by atoms with Crippen LogP contribution in [0.3, 0.4) is 0 Å². The Hall–Kier alpha value is -3.04. The highest BCUT2D eigenvalue weighted by molar-refractivity contribution is 8.00. The predicted molar refractivity (Wildman–Crippen MR) is 108 cm³/mol. The molecule has 5 nitrogen and oxygen atoms in total. The molecule has 0 atom stereocenters. The molecule has 0 saturated heterocycles. The van der Waals surface area contributed by atoms with Crippen LogP contribution >= 0.6 is 11.8 Å².